The van der Waals surface area contributed by atoms with Crippen LogP contribution in [-0.4, -0.2) is 28.3 Å². The van der Waals surface area contributed by atoms with E-state index in [1.54, 1.807) is 6.92 Å². The average Bonchev–Trinajstić information content (AvgIpc) is 2.15. The van der Waals surface area contributed by atoms with Crippen molar-refractivity contribution in [1.29, 1.82) is 0 Å². The highest BCUT2D eigenvalue weighted by Gasteiger charge is 2.29. The molecule has 1 aliphatic rings. The number of cyclic esters (lactones) is 1. The van der Waals surface area contributed by atoms with Crippen molar-refractivity contribution < 1.29 is 24.5 Å². The number of hydrogen-bond acceptors (Lipinski definition) is 4. The molecule has 1 aromatic rings. The van der Waals surface area contributed by atoms with Crippen molar-refractivity contribution in [3.63, 3.8) is 0 Å². The predicted molar refractivity (Wildman–Crippen MR) is 53.6 cm³/mol. The van der Waals surface area contributed by atoms with Crippen LogP contribution < -0.4 is 0 Å². The Kier molecular flexibility index (Phi) is 2.30. The van der Waals surface area contributed by atoms with Gasteiger partial charge in [0.25, 0.3) is 0 Å². The van der Waals surface area contributed by atoms with E-state index in [1.165, 1.54) is 12.1 Å². The SMILES string of the molecule is CC1Cc2ccc(C(=O)O)c(O)c2C(=O)O1. The van der Waals surface area contributed by atoms with E-state index in [0.29, 0.717) is 12.0 Å². The molecule has 1 aliphatic heterocycles. The molecule has 0 fully saturated rings. The fraction of sp³-hybridized carbons (Fsp3) is 0.273. The van der Waals surface area contributed by atoms with Gasteiger partial charge >= 0.3 is 11.9 Å². The van der Waals surface area contributed by atoms with Gasteiger partial charge in [-0.1, -0.05) is 6.07 Å². The third-order valence-electron chi connectivity index (χ3n) is 2.51. The maximum atomic E-state index is 11.5. The summed E-state index contributed by atoms with van der Waals surface area (Å²) in [6.45, 7) is 1.74. The molecule has 0 saturated heterocycles. The van der Waals surface area contributed by atoms with Crippen LogP contribution in [0.2, 0.25) is 0 Å². The van der Waals surface area contributed by atoms with Crippen LogP contribution >= 0.6 is 0 Å². The van der Waals surface area contributed by atoms with E-state index in [9.17, 15) is 14.7 Å². The summed E-state index contributed by atoms with van der Waals surface area (Å²) in [5, 5.41) is 18.5. The van der Waals surface area contributed by atoms with Crippen molar-refractivity contribution in [2.75, 3.05) is 0 Å². The molecular formula is C11H10O5. The first-order valence-corrected chi connectivity index (χ1v) is 4.80. The van der Waals surface area contributed by atoms with E-state index in [0.717, 1.165) is 0 Å². The van der Waals surface area contributed by atoms with Crippen molar-refractivity contribution in [2.45, 2.75) is 19.4 Å². The Bertz CT molecular complexity index is 478. The van der Waals surface area contributed by atoms with Gasteiger partial charge in [0, 0.05) is 6.42 Å². The van der Waals surface area contributed by atoms with Crippen LogP contribution in [0.15, 0.2) is 12.1 Å². The second-order valence-corrected chi connectivity index (χ2v) is 3.72. The zero-order chi connectivity index (χ0) is 11.9. The zero-order valence-corrected chi connectivity index (χ0v) is 8.56. The number of aromatic carboxylic acids is 1. The molecule has 1 aromatic carbocycles. The number of carboxylic acid groups (broad SMARTS) is 1. The minimum atomic E-state index is -1.27. The van der Waals surface area contributed by atoms with Gasteiger partial charge in [-0.3, -0.25) is 0 Å². The van der Waals surface area contributed by atoms with Crippen LogP contribution in [0.3, 0.4) is 0 Å². The highest BCUT2D eigenvalue weighted by atomic mass is 16.5. The monoisotopic (exact) mass is 222 g/mol. The molecule has 5 heteroatoms. The first-order chi connectivity index (χ1) is 7.50. The first-order valence-electron chi connectivity index (χ1n) is 4.80. The summed E-state index contributed by atoms with van der Waals surface area (Å²) in [4.78, 5) is 22.3. The molecule has 0 amide bonds. The molecule has 84 valence electrons. The largest absolute Gasteiger partial charge is 0.506 e. The summed E-state index contributed by atoms with van der Waals surface area (Å²) in [6.07, 6.45) is 0.226. The Balaban J connectivity index is 2.61. The van der Waals surface area contributed by atoms with Crippen molar-refractivity contribution in [2.24, 2.45) is 0 Å². The number of fused-ring (bicyclic) bond motifs is 1. The van der Waals surface area contributed by atoms with Gasteiger partial charge in [0.2, 0.25) is 0 Å². The van der Waals surface area contributed by atoms with Crippen molar-refractivity contribution in [3.05, 3.63) is 28.8 Å². The molecule has 0 spiro atoms. The van der Waals surface area contributed by atoms with Gasteiger partial charge in [-0.25, -0.2) is 9.59 Å². The molecule has 2 N–H and O–H groups in total. The number of carboxylic acids is 1. The van der Waals surface area contributed by atoms with E-state index < -0.39 is 17.7 Å². The molecule has 5 nitrogen and oxygen atoms in total. The van der Waals surface area contributed by atoms with Gasteiger partial charge < -0.3 is 14.9 Å². The maximum Gasteiger partial charge on any atom is 0.342 e. The number of aromatic hydroxyl groups is 1. The lowest BCUT2D eigenvalue weighted by Crippen LogP contribution is -2.25. The molecule has 16 heavy (non-hydrogen) atoms. The molecule has 1 unspecified atom stereocenters. The van der Waals surface area contributed by atoms with Crippen LogP contribution in [0.25, 0.3) is 0 Å². The van der Waals surface area contributed by atoms with E-state index >= 15 is 0 Å². The Hall–Kier alpha value is -2.04. The van der Waals surface area contributed by atoms with Gasteiger partial charge in [-0.15, -0.1) is 0 Å². The Morgan fingerprint density at radius 1 is 1.50 bits per heavy atom. The van der Waals surface area contributed by atoms with Gasteiger partial charge in [0.05, 0.1) is 0 Å². The second kappa shape index (κ2) is 3.52. The highest BCUT2D eigenvalue weighted by molar-refractivity contribution is 6.01. The number of ether oxygens (including phenoxy) is 1. The standard InChI is InChI=1S/C11H10O5/c1-5-4-6-2-3-7(10(13)14)9(12)8(6)11(15)16-5/h2-3,5,12H,4H2,1H3,(H,13,14). The molecule has 0 bridgehead atoms. The van der Waals surface area contributed by atoms with E-state index in [2.05, 4.69) is 0 Å². The zero-order valence-electron chi connectivity index (χ0n) is 8.56. The van der Waals surface area contributed by atoms with E-state index in [4.69, 9.17) is 9.84 Å². The van der Waals surface area contributed by atoms with Crippen LogP contribution in [0.5, 0.6) is 5.75 Å². The number of carbonyl (C=O) groups excluding carboxylic acids is 1. The summed E-state index contributed by atoms with van der Waals surface area (Å²) in [5.41, 5.74) is 0.300. The number of esters is 1. The summed E-state index contributed by atoms with van der Waals surface area (Å²) < 4.78 is 4.94. The van der Waals surface area contributed by atoms with Crippen molar-refractivity contribution in [1.82, 2.24) is 0 Å². The van der Waals surface area contributed by atoms with Crippen LogP contribution in [0.4, 0.5) is 0 Å². The summed E-state index contributed by atoms with van der Waals surface area (Å²) in [6, 6.07) is 2.83. The lowest BCUT2D eigenvalue weighted by Gasteiger charge is -2.22. The minimum absolute atomic E-state index is 0.0296. The smallest absolute Gasteiger partial charge is 0.342 e. The first kappa shape index (κ1) is 10.5. The average molecular weight is 222 g/mol. The summed E-state index contributed by atoms with van der Waals surface area (Å²) >= 11 is 0. The maximum absolute atomic E-state index is 11.5. The highest BCUT2D eigenvalue weighted by Crippen LogP contribution is 2.31. The van der Waals surface area contributed by atoms with E-state index in [1.807, 2.05) is 0 Å². The molecule has 0 saturated carbocycles. The van der Waals surface area contributed by atoms with Crippen molar-refractivity contribution >= 4 is 11.9 Å². The Morgan fingerprint density at radius 2 is 2.19 bits per heavy atom. The van der Waals surface area contributed by atoms with Gasteiger partial charge in [0.15, 0.2) is 0 Å². The Morgan fingerprint density at radius 3 is 2.81 bits per heavy atom. The Labute approximate surface area is 91.3 Å². The number of benzene rings is 1. The van der Waals surface area contributed by atoms with Gasteiger partial charge in [0.1, 0.15) is 23.0 Å². The summed E-state index contributed by atoms with van der Waals surface area (Å²) in [5.74, 6) is -2.46. The minimum Gasteiger partial charge on any atom is -0.506 e. The van der Waals surface area contributed by atoms with E-state index in [-0.39, 0.29) is 17.2 Å². The molecular weight excluding hydrogens is 212 g/mol. The fourth-order valence-corrected chi connectivity index (χ4v) is 1.80. The number of hydrogen-bond donors (Lipinski definition) is 2. The second-order valence-electron chi connectivity index (χ2n) is 3.72. The molecule has 1 heterocycles. The van der Waals surface area contributed by atoms with Crippen molar-refractivity contribution in [3.8, 4) is 5.75 Å². The number of rotatable bonds is 1. The lowest BCUT2D eigenvalue weighted by atomic mass is 9.96. The molecule has 0 aliphatic carbocycles. The molecule has 1 atom stereocenters. The number of carbonyl (C=O) groups is 2. The third-order valence-corrected chi connectivity index (χ3v) is 2.51. The van der Waals surface area contributed by atoms with Gasteiger partial charge in [-0.2, -0.15) is 0 Å². The van der Waals surface area contributed by atoms with Crippen LogP contribution in [-0.2, 0) is 11.2 Å². The molecule has 0 aromatic heterocycles. The number of phenols is 1. The molecule has 0 radical (unpaired) electrons. The fourth-order valence-electron chi connectivity index (χ4n) is 1.80. The lowest BCUT2D eigenvalue weighted by molar-refractivity contribution is 0.0297. The third kappa shape index (κ3) is 1.50. The normalized spacial score (nSPS) is 18.8. The quantitative estimate of drug-likeness (QED) is 0.697. The molecule has 2 rings (SSSR count). The summed E-state index contributed by atoms with van der Waals surface area (Å²) in [7, 11) is 0. The van der Waals surface area contributed by atoms with Gasteiger partial charge in [-0.05, 0) is 18.6 Å². The van der Waals surface area contributed by atoms with Crippen LogP contribution in [0.1, 0.15) is 33.2 Å². The van der Waals surface area contributed by atoms with Crippen LogP contribution in [0, 0.1) is 0 Å². The predicted octanol–water partition coefficient (Wildman–Crippen LogP) is 1.19. The topological polar surface area (TPSA) is 83.8 Å².